The van der Waals surface area contributed by atoms with Gasteiger partial charge in [0, 0.05) is 18.8 Å². The van der Waals surface area contributed by atoms with Gasteiger partial charge in [-0.05, 0) is 29.8 Å². The van der Waals surface area contributed by atoms with Gasteiger partial charge in [-0.1, -0.05) is 6.92 Å². The first-order valence-corrected chi connectivity index (χ1v) is 6.13. The third kappa shape index (κ3) is 1.99. The minimum atomic E-state index is 0.454. The van der Waals surface area contributed by atoms with E-state index in [9.17, 15) is 0 Å². The number of nitrogens with one attached hydrogen (secondary N) is 1. The van der Waals surface area contributed by atoms with Crippen molar-refractivity contribution in [3.63, 3.8) is 0 Å². The van der Waals surface area contributed by atoms with Gasteiger partial charge in [-0.3, -0.25) is 10.1 Å². The number of furan rings is 1. The number of nitrogen functional groups attached to an aromatic ring is 1. The smallest absolute Gasteiger partial charge is 0.153 e. The Morgan fingerprint density at radius 3 is 2.68 bits per heavy atom. The van der Waals surface area contributed by atoms with Crippen LogP contribution in [0, 0.1) is 0 Å². The lowest BCUT2D eigenvalue weighted by molar-refractivity contribution is 0.527. The second kappa shape index (κ2) is 4.61. The predicted molar refractivity (Wildman–Crippen MR) is 73.3 cm³/mol. The van der Waals surface area contributed by atoms with E-state index < -0.39 is 0 Å². The van der Waals surface area contributed by atoms with Crippen molar-refractivity contribution in [1.82, 2.24) is 15.2 Å². The lowest BCUT2D eigenvalue weighted by Gasteiger charge is -2.01. The van der Waals surface area contributed by atoms with Crippen LogP contribution in [0.2, 0.25) is 0 Å². The minimum Gasteiger partial charge on any atom is -0.459 e. The maximum absolute atomic E-state index is 5.95. The Hall–Kier alpha value is -2.56. The molecule has 0 unspecified atom stereocenters. The molecule has 3 aromatic rings. The number of nitrogens with two attached hydrogens (primary N) is 1. The standard InChI is InChI=1S/C14H14N4O/c1-2-10-3-4-11(19-10)13-12(14(15)18-17-13)9-5-7-16-8-6-9/h3-8H,2H2,1H3,(H3,15,17,18). The molecule has 0 saturated carbocycles. The molecule has 0 aliphatic rings. The van der Waals surface area contributed by atoms with E-state index in [1.807, 2.05) is 31.2 Å². The van der Waals surface area contributed by atoms with E-state index in [0.29, 0.717) is 5.82 Å². The number of aryl methyl sites for hydroxylation is 1. The molecule has 3 aromatic heterocycles. The third-order valence-corrected chi connectivity index (χ3v) is 3.02. The second-order valence-corrected chi connectivity index (χ2v) is 4.21. The van der Waals surface area contributed by atoms with Crippen LogP contribution < -0.4 is 5.73 Å². The highest BCUT2D eigenvalue weighted by molar-refractivity contribution is 5.86. The molecule has 0 radical (unpaired) electrons. The topological polar surface area (TPSA) is 80.7 Å². The first-order valence-electron chi connectivity index (χ1n) is 6.13. The van der Waals surface area contributed by atoms with Crippen LogP contribution in [0.4, 0.5) is 5.82 Å². The fraction of sp³-hybridized carbons (Fsp3) is 0.143. The molecular weight excluding hydrogens is 240 g/mol. The number of hydrogen-bond acceptors (Lipinski definition) is 4. The summed E-state index contributed by atoms with van der Waals surface area (Å²) >= 11 is 0. The minimum absolute atomic E-state index is 0.454. The Morgan fingerprint density at radius 1 is 1.21 bits per heavy atom. The molecule has 0 fully saturated rings. The van der Waals surface area contributed by atoms with Gasteiger partial charge < -0.3 is 10.2 Å². The Kier molecular flexibility index (Phi) is 2.79. The van der Waals surface area contributed by atoms with Crippen LogP contribution in [-0.4, -0.2) is 15.2 Å². The number of aromatic nitrogens is 3. The molecule has 0 saturated heterocycles. The van der Waals surface area contributed by atoms with Crippen LogP contribution in [0.3, 0.4) is 0 Å². The molecule has 3 rings (SSSR count). The number of rotatable bonds is 3. The lowest BCUT2D eigenvalue weighted by atomic mass is 10.1. The second-order valence-electron chi connectivity index (χ2n) is 4.21. The molecular formula is C14H14N4O. The van der Waals surface area contributed by atoms with Crippen LogP contribution in [0.5, 0.6) is 0 Å². The molecule has 5 heteroatoms. The van der Waals surface area contributed by atoms with Crippen molar-refractivity contribution in [2.75, 3.05) is 5.73 Å². The maximum Gasteiger partial charge on any atom is 0.153 e. The van der Waals surface area contributed by atoms with E-state index in [0.717, 1.165) is 34.8 Å². The summed E-state index contributed by atoms with van der Waals surface area (Å²) in [6.07, 6.45) is 4.31. The molecule has 0 aliphatic heterocycles. The first kappa shape index (κ1) is 11.5. The monoisotopic (exact) mass is 254 g/mol. The van der Waals surface area contributed by atoms with E-state index in [1.165, 1.54) is 0 Å². The van der Waals surface area contributed by atoms with E-state index >= 15 is 0 Å². The van der Waals surface area contributed by atoms with Gasteiger partial charge >= 0.3 is 0 Å². The Bertz CT molecular complexity index is 685. The predicted octanol–water partition coefficient (Wildman–Crippen LogP) is 2.88. The van der Waals surface area contributed by atoms with Crippen LogP contribution in [0.15, 0.2) is 41.1 Å². The van der Waals surface area contributed by atoms with E-state index in [-0.39, 0.29) is 0 Å². The number of hydrogen-bond donors (Lipinski definition) is 2. The Labute approximate surface area is 110 Å². The SMILES string of the molecule is CCc1ccc(-c2[nH]nc(N)c2-c2ccncc2)o1. The molecule has 0 amide bonds. The number of nitrogens with zero attached hydrogens (tertiary/aromatic N) is 2. The fourth-order valence-corrected chi connectivity index (χ4v) is 2.05. The zero-order valence-electron chi connectivity index (χ0n) is 10.6. The van der Waals surface area contributed by atoms with Gasteiger partial charge in [0.1, 0.15) is 11.5 Å². The van der Waals surface area contributed by atoms with Gasteiger partial charge in [-0.15, -0.1) is 0 Å². The van der Waals surface area contributed by atoms with Crippen molar-refractivity contribution in [3.8, 4) is 22.6 Å². The molecule has 19 heavy (non-hydrogen) atoms. The highest BCUT2D eigenvalue weighted by Crippen LogP contribution is 2.35. The van der Waals surface area contributed by atoms with Crippen LogP contribution >= 0.6 is 0 Å². The largest absolute Gasteiger partial charge is 0.459 e. The summed E-state index contributed by atoms with van der Waals surface area (Å²) in [5, 5.41) is 7.01. The number of anilines is 1. The fourth-order valence-electron chi connectivity index (χ4n) is 2.05. The Balaban J connectivity index is 2.13. The average molecular weight is 254 g/mol. The van der Waals surface area contributed by atoms with Gasteiger partial charge in [-0.25, -0.2) is 0 Å². The van der Waals surface area contributed by atoms with Crippen molar-refractivity contribution in [3.05, 3.63) is 42.4 Å². The normalized spacial score (nSPS) is 10.8. The van der Waals surface area contributed by atoms with E-state index in [2.05, 4.69) is 15.2 Å². The summed E-state index contributed by atoms with van der Waals surface area (Å²) in [6, 6.07) is 7.68. The first-order chi connectivity index (χ1) is 9.29. The van der Waals surface area contributed by atoms with Crippen molar-refractivity contribution < 1.29 is 4.42 Å². The molecule has 3 N–H and O–H groups in total. The van der Waals surface area contributed by atoms with Gasteiger partial charge in [0.15, 0.2) is 11.6 Å². The zero-order chi connectivity index (χ0) is 13.2. The molecule has 0 aliphatic carbocycles. The third-order valence-electron chi connectivity index (χ3n) is 3.02. The van der Waals surface area contributed by atoms with Crippen molar-refractivity contribution >= 4 is 5.82 Å². The van der Waals surface area contributed by atoms with Crippen molar-refractivity contribution in [2.45, 2.75) is 13.3 Å². The van der Waals surface area contributed by atoms with Gasteiger partial charge in [0.2, 0.25) is 0 Å². The number of H-pyrrole nitrogens is 1. The molecule has 0 bridgehead atoms. The van der Waals surface area contributed by atoms with E-state index in [1.54, 1.807) is 12.4 Å². The summed E-state index contributed by atoms with van der Waals surface area (Å²) in [5.41, 5.74) is 8.55. The highest BCUT2D eigenvalue weighted by Gasteiger charge is 2.17. The molecule has 3 heterocycles. The van der Waals surface area contributed by atoms with Gasteiger partial charge in [0.25, 0.3) is 0 Å². The van der Waals surface area contributed by atoms with Crippen molar-refractivity contribution in [2.24, 2.45) is 0 Å². The number of aromatic amines is 1. The summed E-state index contributed by atoms with van der Waals surface area (Å²) in [4.78, 5) is 4.01. The summed E-state index contributed by atoms with van der Waals surface area (Å²) in [6.45, 7) is 2.05. The molecule has 0 aromatic carbocycles. The number of pyridine rings is 1. The Morgan fingerprint density at radius 2 is 2.00 bits per heavy atom. The van der Waals surface area contributed by atoms with Crippen LogP contribution in [-0.2, 0) is 6.42 Å². The summed E-state index contributed by atoms with van der Waals surface area (Å²) in [5.74, 6) is 2.13. The van der Waals surface area contributed by atoms with Gasteiger partial charge in [-0.2, -0.15) is 5.10 Å². The summed E-state index contributed by atoms with van der Waals surface area (Å²) in [7, 11) is 0. The zero-order valence-corrected chi connectivity index (χ0v) is 10.6. The van der Waals surface area contributed by atoms with Gasteiger partial charge in [0.05, 0.1) is 5.56 Å². The lowest BCUT2D eigenvalue weighted by Crippen LogP contribution is -1.88. The van der Waals surface area contributed by atoms with E-state index in [4.69, 9.17) is 10.2 Å². The van der Waals surface area contributed by atoms with Crippen LogP contribution in [0.1, 0.15) is 12.7 Å². The molecule has 96 valence electrons. The average Bonchev–Trinajstić information content (AvgIpc) is 3.05. The molecule has 0 spiro atoms. The summed E-state index contributed by atoms with van der Waals surface area (Å²) < 4.78 is 5.75. The molecule has 0 atom stereocenters. The van der Waals surface area contributed by atoms with Crippen LogP contribution in [0.25, 0.3) is 22.6 Å². The quantitative estimate of drug-likeness (QED) is 0.753. The maximum atomic E-state index is 5.95. The highest BCUT2D eigenvalue weighted by atomic mass is 16.3. The molecule has 5 nitrogen and oxygen atoms in total. The van der Waals surface area contributed by atoms with Crippen molar-refractivity contribution in [1.29, 1.82) is 0 Å².